The van der Waals surface area contributed by atoms with Crippen LogP contribution in [0.4, 0.5) is 0 Å². The van der Waals surface area contributed by atoms with Crippen LogP contribution in [-0.2, 0) is 16.0 Å². The molecule has 21 heavy (non-hydrogen) atoms. The average Bonchev–Trinajstić information content (AvgIpc) is 2.81. The van der Waals surface area contributed by atoms with Gasteiger partial charge in [-0.15, -0.1) is 11.3 Å². The number of rotatable bonds is 7. The number of hydrogen-bond donors (Lipinski definition) is 1. The van der Waals surface area contributed by atoms with Gasteiger partial charge in [-0.3, -0.25) is 14.6 Å². The number of morpholine rings is 1. The highest BCUT2D eigenvalue weighted by Gasteiger charge is 2.22. The number of amides is 1. The summed E-state index contributed by atoms with van der Waals surface area (Å²) in [5, 5.41) is 3.26. The van der Waals surface area contributed by atoms with Gasteiger partial charge >= 0.3 is 0 Å². The molecule has 2 rings (SSSR count). The van der Waals surface area contributed by atoms with Gasteiger partial charge in [-0.1, -0.05) is 0 Å². The Morgan fingerprint density at radius 2 is 2.48 bits per heavy atom. The van der Waals surface area contributed by atoms with Gasteiger partial charge in [0, 0.05) is 38.0 Å². The third-order valence-electron chi connectivity index (χ3n) is 3.51. The van der Waals surface area contributed by atoms with Gasteiger partial charge in [0.05, 0.1) is 30.0 Å². The molecule has 1 amide bonds. The number of nitrogens with zero attached hydrogens (tertiary/aromatic N) is 3. The second-order valence-corrected chi connectivity index (χ2v) is 6.63. The van der Waals surface area contributed by atoms with Crippen LogP contribution in [-0.4, -0.2) is 73.2 Å². The smallest absolute Gasteiger partial charge is 0.231 e. The molecule has 7 heteroatoms. The van der Waals surface area contributed by atoms with Gasteiger partial charge in [0.1, 0.15) is 0 Å². The van der Waals surface area contributed by atoms with E-state index in [2.05, 4.69) is 15.3 Å². The Morgan fingerprint density at radius 3 is 3.14 bits per heavy atom. The number of primary amides is 1. The molecule has 118 valence electrons. The molecule has 0 aliphatic carbocycles. The van der Waals surface area contributed by atoms with Crippen LogP contribution in [0.5, 0.6) is 0 Å². The molecule has 2 heterocycles. The van der Waals surface area contributed by atoms with Gasteiger partial charge in [-0.25, -0.2) is 4.98 Å². The minimum Gasteiger partial charge on any atom is -0.374 e. The summed E-state index contributed by atoms with van der Waals surface area (Å²) >= 11 is 1.70. The molecule has 1 aliphatic rings. The predicted octanol–water partition coefficient (Wildman–Crippen LogP) is 0.112. The number of likely N-dealkylation sites (N-methyl/N-ethyl adjacent to an activating group) is 1. The molecule has 0 radical (unpaired) electrons. The highest BCUT2D eigenvalue weighted by atomic mass is 32.1. The maximum Gasteiger partial charge on any atom is 0.231 e. The van der Waals surface area contributed by atoms with Crippen LogP contribution in [0.25, 0.3) is 0 Å². The Hall–Kier alpha value is -1.02. The number of aromatic nitrogens is 1. The molecular weight excluding hydrogens is 288 g/mol. The standard InChI is InChI=1S/C14H24N4O2S/c1-11-16-12(10-21-11)3-4-18-5-6-20-13(8-18)7-17(2)9-14(15)19/h10,13H,3-9H2,1-2H3,(H2,15,19)/t13-/m1/s1. The van der Waals surface area contributed by atoms with Gasteiger partial charge < -0.3 is 10.5 Å². The molecule has 0 unspecified atom stereocenters. The molecule has 1 atom stereocenters. The van der Waals surface area contributed by atoms with Crippen molar-refractivity contribution in [3.8, 4) is 0 Å². The van der Waals surface area contributed by atoms with Crippen LogP contribution in [0, 0.1) is 6.92 Å². The van der Waals surface area contributed by atoms with Crippen molar-refractivity contribution in [2.24, 2.45) is 5.73 Å². The summed E-state index contributed by atoms with van der Waals surface area (Å²) < 4.78 is 5.77. The summed E-state index contributed by atoms with van der Waals surface area (Å²) in [5.41, 5.74) is 6.37. The second kappa shape index (κ2) is 7.84. The fourth-order valence-corrected chi connectivity index (χ4v) is 3.22. The Bertz CT molecular complexity index is 466. The highest BCUT2D eigenvalue weighted by molar-refractivity contribution is 7.09. The molecule has 1 fully saturated rings. The van der Waals surface area contributed by atoms with Crippen molar-refractivity contribution < 1.29 is 9.53 Å². The first kappa shape index (κ1) is 16.4. The van der Waals surface area contributed by atoms with Crippen molar-refractivity contribution in [3.63, 3.8) is 0 Å². The zero-order valence-corrected chi connectivity index (χ0v) is 13.6. The third kappa shape index (κ3) is 5.70. The SMILES string of the molecule is Cc1nc(CCN2CCO[C@H](CN(C)CC(N)=O)C2)cs1. The third-order valence-corrected chi connectivity index (χ3v) is 4.34. The van der Waals surface area contributed by atoms with Gasteiger partial charge in [0.25, 0.3) is 0 Å². The maximum atomic E-state index is 10.9. The van der Waals surface area contributed by atoms with E-state index in [9.17, 15) is 4.79 Å². The largest absolute Gasteiger partial charge is 0.374 e. The normalized spacial score (nSPS) is 20.0. The molecule has 0 aromatic carbocycles. The summed E-state index contributed by atoms with van der Waals surface area (Å²) in [7, 11) is 1.89. The van der Waals surface area contributed by atoms with Crippen molar-refractivity contribution >= 4 is 17.2 Å². The Morgan fingerprint density at radius 1 is 1.67 bits per heavy atom. The van der Waals surface area contributed by atoms with Crippen molar-refractivity contribution in [2.75, 3.05) is 46.4 Å². The molecule has 1 aromatic heterocycles. The lowest BCUT2D eigenvalue weighted by molar-refractivity contribution is -0.119. The summed E-state index contributed by atoms with van der Waals surface area (Å²) in [6, 6.07) is 0. The summed E-state index contributed by atoms with van der Waals surface area (Å²) in [6.07, 6.45) is 1.12. The summed E-state index contributed by atoms with van der Waals surface area (Å²) in [4.78, 5) is 19.7. The molecule has 1 saturated heterocycles. The number of aryl methyl sites for hydroxylation is 1. The van der Waals surface area contributed by atoms with Crippen LogP contribution in [0.1, 0.15) is 10.7 Å². The zero-order valence-electron chi connectivity index (χ0n) is 12.7. The minimum absolute atomic E-state index is 0.139. The molecular formula is C14H24N4O2S. The van der Waals surface area contributed by atoms with Crippen LogP contribution in [0.2, 0.25) is 0 Å². The van der Waals surface area contributed by atoms with E-state index >= 15 is 0 Å². The minimum atomic E-state index is -0.302. The topological polar surface area (TPSA) is 71.7 Å². The molecule has 0 bridgehead atoms. The number of hydrogen-bond acceptors (Lipinski definition) is 6. The molecule has 6 nitrogen and oxygen atoms in total. The molecule has 0 saturated carbocycles. The van der Waals surface area contributed by atoms with E-state index in [1.165, 1.54) is 5.69 Å². The van der Waals surface area contributed by atoms with Crippen LogP contribution >= 0.6 is 11.3 Å². The Labute approximate surface area is 129 Å². The fourth-order valence-electron chi connectivity index (χ4n) is 2.57. The maximum absolute atomic E-state index is 10.9. The summed E-state index contributed by atoms with van der Waals surface area (Å²) in [6.45, 7) is 6.64. The van der Waals surface area contributed by atoms with Gasteiger partial charge in [0.15, 0.2) is 0 Å². The van der Waals surface area contributed by atoms with Crippen molar-refractivity contribution in [2.45, 2.75) is 19.4 Å². The van der Waals surface area contributed by atoms with Crippen LogP contribution in [0.3, 0.4) is 0 Å². The predicted molar refractivity (Wildman–Crippen MR) is 83.4 cm³/mol. The van der Waals surface area contributed by atoms with Crippen molar-refractivity contribution in [3.05, 3.63) is 16.1 Å². The fraction of sp³-hybridized carbons (Fsp3) is 0.714. The first-order valence-corrected chi connectivity index (χ1v) is 8.12. The first-order chi connectivity index (χ1) is 10.0. The van der Waals surface area contributed by atoms with Crippen molar-refractivity contribution in [1.82, 2.24) is 14.8 Å². The van der Waals surface area contributed by atoms with E-state index in [0.717, 1.165) is 44.2 Å². The Balaban J connectivity index is 1.73. The zero-order chi connectivity index (χ0) is 15.2. The van der Waals surface area contributed by atoms with Gasteiger partial charge in [0.2, 0.25) is 5.91 Å². The first-order valence-electron chi connectivity index (χ1n) is 7.24. The lowest BCUT2D eigenvalue weighted by Gasteiger charge is -2.34. The highest BCUT2D eigenvalue weighted by Crippen LogP contribution is 2.11. The Kier molecular flexibility index (Phi) is 6.10. The van der Waals surface area contributed by atoms with E-state index in [0.29, 0.717) is 0 Å². The lowest BCUT2D eigenvalue weighted by atomic mass is 10.2. The number of ether oxygens (including phenoxy) is 1. The summed E-state index contributed by atoms with van der Waals surface area (Å²) in [5.74, 6) is -0.302. The number of carbonyl (C=O) groups excluding carboxylic acids is 1. The average molecular weight is 312 g/mol. The van der Waals surface area contributed by atoms with Gasteiger partial charge in [-0.2, -0.15) is 0 Å². The van der Waals surface area contributed by atoms with Crippen LogP contribution in [0.15, 0.2) is 5.38 Å². The van der Waals surface area contributed by atoms with E-state index in [-0.39, 0.29) is 18.6 Å². The molecule has 0 spiro atoms. The number of carbonyl (C=O) groups is 1. The molecule has 1 aromatic rings. The van der Waals surface area contributed by atoms with Gasteiger partial charge in [-0.05, 0) is 14.0 Å². The molecule has 1 aliphatic heterocycles. The number of nitrogens with two attached hydrogens (primary N) is 1. The molecule has 2 N–H and O–H groups in total. The number of thiazole rings is 1. The second-order valence-electron chi connectivity index (χ2n) is 5.56. The van der Waals surface area contributed by atoms with Crippen molar-refractivity contribution in [1.29, 1.82) is 0 Å². The van der Waals surface area contributed by atoms with E-state index in [1.807, 2.05) is 18.9 Å². The van der Waals surface area contributed by atoms with E-state index < -0.39 is 0 Å². The quantitative estimate of drug-likeness (QED) is 0.774. The van der Waals surface area contributed by atoms with E-state index in [4.69, 9.17) is 10.5 Å². The monoisotopic (exact) mass is 312 g/mol. The van der Waals surface area contributed by atoms with Crippen LogP contribution < -0.4 is 5.73 Å². The lowest BCUT2D eigenvalue weighted by Crippen LogP contribution is -2.48. The van der Waals surface area contributed by atoms with E-state index in [1.54, 1.807) is 11.3 Å².